The predicted molar refractivity (Wildman–Crippen MR) is 44.2 cm³/mol. The van der Waals surface area contributed by atoms with Crippen molar-refractivity contribution >= 4 is 5.97 Å². The number of hydrogen-bond acceptors (Lipinski definition) is 4. The highest BCUT2D eigenvalue weighted by molar-refractivity contribution is 5.92. The summed E-state index contributed by atoms with van der Waals surface area (Å²) in [7, 11) is 1.22. The molecule has 0 amide bonds. The largest absolute Gasteiger partial charge is 0.507 e. The van der Waals surface area contributed by atoms with Crippen molar-refractivity contribution in [3.63, 3.8) is 0 Å². The predicted octanol–water partition coefficient (Wildman–Crippen LogP) is 1.05. The molecule has 1 N–H and O–H groups in total. The van der Waals surface area contributed by atoms with E-state index in [1.807, 2.05) is 6.07 Å². The zero-order valence-electron chi connectivity index (χ0n) is 6.94. The molecule has 0 saturated heterocycles. The van der Waals surface area contributed by atoms with E-state index in [1.165, 1.54) is 25.3 Å². The first-order chi connectivity index (χ1) is 6.19. The molecule has 0 saturated carbocycles. The minimum Gasteiger partial charge on any atom is -0.507 e. The summed E-state index contributed by atoms with van der Waals surface area (Å²) in [6.45, 7) is 0. The lowest BCUT2D eigenvalue weighted by molar-refractivity contribution is 0.0597. The van der Waals surface area contributed by atoms with E-state index in [2.05, 4.69) is 4.74 Å². The summed E-state index contributed by atoms with van der Waals surface area (Å²) in [5.41, 5.74) is 0.353. The molecule has 13 heavy (non-hydrogen) atoms. The molecule has 0 aliphatic heterocycles. The van der Waals surface area contributed by atoms with E-state index in [0.29, 0.717) is 5.56 Å². The number of carbonyl (C=O) groups is 1. The second kappa shape index (κ2) is 3.59. The highest BCUT2D eigenvalue weighted by Gasteiger charge is 2.10. The van der Waals surface area contributed by atoms with Crippen molar-refractivity contribution in [3.05, 3.63) is 29.3 Å². The number of hydrogen-bond donors (Lipinski definition) is 1. The molecule has 0 unspecified atom stereocenters. The molecule has 1 aromatic carbocycles. The quantitative estimate of drug-likeness (QED) is 0.651. The van der Waals surface area contributed by atoms with Gasteiger partial charge in [0.05, 0.1) is 18.7 Å². The van der Waals surface area contributed by atoms with Crippen LogP contribution < -0.4 is 0 Å². The summed E-state index contributed by atoms with van der Waals surface area (Å²) in [6.07, 6.45) is 0. The molecular weight excluding hydrogens is 170 g/mol. The average Bonchev–Trinajstić information content (AvgIpc) is 2.16. The van der Waals surface area contributed by atoms with Crippen LogP contribution in [0.5, 0.6) is 5.75 Å². The van der Waals surface area contributed by atoms with E-state index in [-0.39, 0.29) is 11.3 Å². The van der Waals surface area contributed by atoms with Gasteiger partial charge in [-0.25, -0.2) is 4.79 Å². The number of benzene rings is 1. The Kier molecular flexibility index (Phi) is 2.50. The fourth-order valence-electron chi connectivity index (χ4n) is 0.884. The molecule has 66 valence electrons. The van der Waals surface area contributed by atoms with Crippen LogP contribution in [-0.4, -0.2) is 18.2 Å². The van der Waals surface area contributed by atoms with Gasteiger partial charge in [-0.2, -0.15) is 5.26 Å². The van der Waals surface area contributed by atoms with Crippen molar-refractivity contribution in [2.75, 3.05) is 7.11 Å². The van der Waals surface area contributed by atoms with Crippen LogP contribution in [0.4, 0.5) is 0 Å². The maximum atomic E-state index is 11.0. The molecule has 1 aromatic rings. The van der Waals surface area contributed by atoms with Crippen LogP contribution >= 0.6 is 0 Å². The first-order valence-electron chi connectivity index (χ1n) is 3.50. The average molecular weight is 177 g/mol. The van der Waals surface area contributed by atoms with E-state index in [1.54, 1.807) is 0 Å². The normalized spacial score (nSPS) is 8.92. The topological polar surface area (TPSA) is 70.3 Å². The first kappa shape index (κ1) is 9.07. The number of methoxy groups -OCH3 is 1. The Balaban J connectivity index is 3.14. The molecule has 0 fully saturated rings. The van der Waals surface area contributed by atoms with Crippen LogP contribution in [0.25, 0.3) is 0 Å². The van der Waals surface area contributed by atoms with Gasteiger partial charge < -0.3 is 9.84 Å². The molecule has 0 atom stereocenters. The summed E-state index contributed by atoms with van der Waals surface area (Å²) in [6, 6.07) is 5.84. The summed E-state index contributed by atoms with van der Waals surface area (Å²) >= 11 is 0. The third-order valence-corrected chi connectivity index (χ3v) is 1.53. The van der Waals surface area contributed by atoms with Gasteiger partial charge in [0.25, 0.3) is 0 Å². The second-order valence-electron chi connectivity index (χ2n) is 2.34. The second-order valence-corrected chi connectivity index (χ2v) is 2.34. The van der Waals surface area contributed by atoms with Gasteiger partial charge >= 0.3 is 5.97 Å². The standard InChI is InChI=1S/C9H7NO3/c1-13-9(12)7-3-2-6(5-10)4-8(7)11/h2-4,11H,1H3. The van der Waals surface area contributed by atoms with Gasteiger partial charge in [-0.3, -0.25) is 0 Å². The summed E-state index contributed by atoms with van der Waals surface area (Å²) in [5, 5.41) is 17.7. The van der Waals surface area contributed by atoms with Gasteiger partial charge in [-0.05, 0) is 18.2 Å². The molecular formula is C9H7NO3. The van der Waals surface area contributed by atoms with Crippen molar-refractivity contribution in [1.29, 1.82) is 5.26 Å². The van der Waals surface area contributed by atoms with Gasteiger partial charge in [0, 0.05) is 0 Å². The van der Waals surface area contributed by atoms with Crippen molar-refractivity contribution in [2.24, 2.45) is 0 Å². The van der Waals surface area contributed by atoms with E-state index >= 15 is 0 Å². The van der Waals surface area contributed by atoms with Crippen LogP contribution in [-0.2, 0) is 4.74 Å². The maximum absolute atomic E-state index is 11.0. The Morgan fingerprint density at radius 3 is 2.77 bits per heavy atom. The van der Waals surface area contributed by atoms with E-state index in [4.69, 9.17) is 5.26 Å². The maximum Gasteiger partial charge on any atom is 0.341 e. The van der Waals surface area contributed by atoms with Crippen LogP contribution in [0.15, 0.2) is 18.2 Å². The van der Waals surface area contributed by atoms with Crippen LogP contribution in [0.2, 0.25) is 0 Å². The lowest BCUT2D eigenvalue weighted by atomic mass is 10.1. The number of phenols is 1. The number of aromatic hydroxyl groups is 1. The Morgan fingerprint density at radius 2 is 2.31 bits per heavy atom. The zero-order valence-corrected chi connectivity index (χ0v) is 6.94. The first-order valence-corrected chi connectivity index (χ1v) is 3.50. The molecule has 0 radical (unpaired) electrons. The molecule has 0 spiro atoms. The molecule has 4 nitrogen and oxygen atoms in total. The minimum atomic E-state index is -0.623. The summed E-state index contributed by atoms with van der Waals surface area (Å²) < 4.78 is 4.41. The third kappa shape index (κ3) is 1.76. The monoisotopic (exact) mass is 177 g/mol. The van der Waals surface area contributed by atoms with Crippen LogP contribution in [0.1, 0.15) is 15.9 Å². The molecule has 0 aliphatic carbocycles. The number of rotatable bonds is 1. The number of phenolic OH excluding ortho intramolecular Hbond substituents is 1. The Morgan fingerprint density at radius 1 is 1.62 bits per heavy atom. The number of nitrogens with zero attached hydrogens (tertiary/aromatic N) is 1. The van der Waals surface area contributed by atoms with Crippen molar-refractivity contribution in [3.8, 4) is 11.8 Å². The van der Waals surface area contributed by atoms with E-state index in [0.717, 1.165) is 0 Å². The summed E-state index contributed by atoms with van der Waals surface area (Å²) in [5.74, 6) is -0.868. The number of ether oxygens (including phenoxy) is 1. The summed E-state index contributed by atoms with van der Waals surface area (Å²) in [4.78, 5) is 11.0. The van der Waals surface area contributed by atoms with Crippen LogP contribution in [0, 0.1) is 11.3 Å². The van der Waals surface area contributed by atoms with Gasteiger partial charge in [0.15, 0.2) is 0 Å². The van der Waals surface area contributed by atoms with Crippen molar-refractivity contribution < 1.29 is 14.6 Å². The number of esters is 1. The lowest BCUT2D eigenvalue weighted by Crippen LogP contribution is -2.01. The molecule has 1 rings (SSSR count). The van der Waals surface area contributed by atoms with Crippen molar-refractivity contribution in [1.82, 2.24) is 0 Å². The molecule has 4 heteroatoms. The zero-order chi connectivity index (χ0) is 9.84. The highest BCUT2D eigenvalue weighted by Crippen LogP contribution is 2.18. The van der Waals surface area contributed by atoms with Gasteiger partial charge in [-0.15, -0.1) is 0 Å². The highest BCUT2D eigenvalue weighted by atomic mass is 16.5. The van der Waals surface area contributed by atoms with Gasteiger partial charge in [0.1, 0.15) is 11.3 Å². The van der Waals surface area contributed by atoms with Gasteiger partial charge in [0.2, 0.25) is 0 Å². The van der Waals surface area contributed by atoms with Gasteiger partial charge in [-0.1, -0.05) is 0 Å². The lowest BCUT2D eigenvalue weighted by Gasteiger charge is -2.01. The van der Waals surface area contributed by atoms with Crippen LogP contribution in [0.3, 0.4) is 0 Å². The Labute approximate surface area is 75.0 Å². The molecule has 0 bridgehead atoms. The minimum absolute atomic E-state index is 0.0569. The van der Waals surface area contributed by atoms with Crippen molar-refractivity contribution in [2.45, 2.75) is 0 Å². The van der Waals surface area contributed by atoms with E-state index < -0.39 is 5.97 Å². The Bertz CT molecular complexity index is 379. The molecule has 0 heterocycles. The fraction of sp³-hybridized carbons (Fsp3) is 0.111. The fourth-order valence-corrected chi connectivity index (χ4v) is 0.884. The molecule has 0 aromatic heterocycles. The SMILES string of the molecule is COC(=O)c1ccc(C#N)cc1O. The smallest absolute Gasteiger partial charge is 0.341 e. The Hall–Kier alpha value is -2.02. The third-order valence-electron chi connectivity index (χ3n) is 1.53. The van der Waals surface area contributed by atoms with E-state index in [9.17, 15) is 9.90 Å². The number of nitriles is 1. The molecule has 0 aliphatic rings. The number of carbonyl (C=O) groups excluding carboxylic acids is 1.